The Morgan fingerprint density at radius 1 is 0.947 bits per heavy atom. The predicted octanol–water partition coefficient (Wildman–Crippen LogP) is 3.24. The minimum absolute atomic E-state index is 0.0373. The molecule has 0 radical (unpaired) electrons. The lowest BCUT2D eigenvalue weighted by Gasteiger charge is -2.08. The predicted molar refractivity (Wildman–Crippen MR) is 74.3 cm³/mol. The third kappa shape index (κ3) is 3.70. The summed E-state index contributed by atoms with van der Waals surface area (Å²) >= 11 is 17.1. The minimum atomic E-state index is -3.81. The maximum Gasteiger partial charge on any atom is 0.264 e. The van der Waals surface area contributed by atoms with E-state index in [-0.39, 0.29) is 15.9 Å². The van der Waals surface area contributed by atoms with Gasteiger partial charge in [-0.25, -0.2) is 18.4 Å². The smallest absolute Gasteiger partial charge is 0.264 e. The number of benzene rings is 1. The van der Waals surface area contributed by atoms with Crippen LogP contribution < -0.4 is 4.72 Å². The molecule has 0 aliphatic rings. The second-order valence-electron chi connectivity index (χ2n) is 3.45. The Hall–Kier alpha value is -1.08. The number of rotatable bonds is 3. The molecule has 0 fully saturated rings. The van der Waals surface area contributed by atoms with E-state index in [1.165, 1.54) is 18.2 Å². The molecule has 0 aliphatic heterocycles. The molecule has 1 N–H and O–H groups in total. The topological polar surface area (TPSA) is 72.0 Å². The highest BCUT2D eigenvalue weighted by atomic mass is 35.5. The Kier molecular flexibility index (Phi) is 4.15. The molecular formula is C10H6Cl3N3O2S. The van der Waals surface area contributed by atoms with Crippen molar-refractivity contribution in [3.8, 4) is 0 Å². The van der Waals surface area contributed by atoms with E-state index in [9.17, 15) is 8.42 Å². The Morgan fingerprint density at radius 2 is 1.47 bits per heavy atom. The summed E-state index contributed by atoms with van der Waals surface area (Å²) in [6.07, 6.45) is 2.20. The molecule has 0 spiro atoms. The molecule has 1 heterocycles. The third-order valence-corrected chi connectivity index (χ3v) is 3.99. The van der Waals surface area contributed by atoms with Crippen LogP contribution in [0.3, 0.4) is 0 Å². The lowest BCUT2D eigenvalue weighted by atomic mass is 10.3. The molecule has 0 bridgehead atoms. The first-order valence-corrected chi connectivity index (χ1v) is 7.45. The minimum Gasteiger partial charge on any atom is -0.279 e. The first-order chi connectivity index (χ1) is 8.87. The number of hydrogen-bond donors (Lipinski definition) is 1. The normalized spacial score (nSPS) is 11.3. The number of aromatic nitrogens is 2. The van der Waals surface area contributed by atoms with Crippen molar-refractivity contribution >= 4 is 50.5 Å². The van der Waals surface area contributed by atoms with Gasteiger partial charge in [-0.3, -0.25) is 4.72 Å². The van der Waals surface area contributed by atoms with Crippen molar-refractivity contribution in [2.75, 3.05) is 4.72 Å². The molecule has 2 aromatic rings. The fourth-order valence-corrected chi connectivity index (χ4v) is 2.82. The van der Waals surface area contributed by atoms with E-state index in [0.717, 1.165) is 12.4 Å². The van der Waals surface area contributed by atoms with Crippen LogP contribution in [0.15, 0.2) is 35.5 Å². The average Bonchev–Trinajstić information content (AvgIpc) is 2.27. The van der Waals surface area contributed by atoms with Crippen LogP contribution in [0.2, 0.25) is 15.3 Å². The Bertz CT molecular complexity index is 684. The van der Waals surface area contributed by atoms with Gasteiger partial charge >= 0.3 is 0 Å². The number of sulfonamides is 1. The second kappa shape index (κ2) is 5.50. The summed E-state index contributed by atoms with van der Waals surface area (Å²) in [7, 11) is -3.81. The standard InChI is InChI=1S/C10H6Cl3N3O2S/c11-6-1-7(12)3-8(2-6)16-19(17,18)9-4-14-10(13)15-5-9/h1-5,16H. The lowest BCUT2D eigenvalue weighted by Crippen LogP contribution is -2.13. The van der Waals surface area contributed by atoms with Gasteiger partial charge in [-0.15, -0.1) is 0 Å². The molecular weight excluding hydrogens is 333 g/mol. The summed E-state index contributed by atoms with van der Waals surface area (Å²) < 4.78 is 26.3. The lowest BCUT2D eigenvalue weighted by molar-refractivity contribution is 0.600. The number of anilines is 1. The third-order valence-electron chi connectivity index (χ3n) is 2.02. The van der Waals surface area contributed by atoms with Gasteiger partial charge in [0.1, 0.15) is 4.90 Å². The van der Waals surface area contributed by atoms with Crippen LogP contribution in [0.1, 0.15) is 0 Å². The van der Waals surface area contributed by atoms with Crippen LogP contribution in [0.25, 0.3) is 0 Å². The average molecular weight is 339 g/mol. The van der Waals surface area contributed by atoms with Gasteiger partial charge < -0.3 is 0 Å². The van der Waals surface area contributed by atoms with E-state index in [2.05, 4.69) is 14.7 Å². The Balaban J connectivity index is 2.33. The van der Waals surface area contributed by atoms with Crippen LogP contribution in [0.5, 0.6) is 0 Å². The second-order valence-corrected chi connectivity index (χ2v) is 6.34. The van der Waals surface area contributed by atoms with Crippen LogP contribution in [0, 0.1) is 0 Å². The first-order valence-electron chi connectivity index (χ1n) is 4.83. The highest BCUT2D eigenvalue weighted by Crippen LogP contribution is 2.24. The van der Waals surface area contributed by atoms with Crippen molar-refractivity contribution in [3.05, 3.63) is 45.9 Å². The van der Waals surface area contributed by atoms with E-state index >= 15 is 0 Å². The monoisotopic (exact) mass is 337 g/mol. The van der Waals surface area contributed by atoms with Crippen LogP contribution in [-0.4, -0.2) is 18.4 Å². The van der Waals surface area contributed by atoms with E-state index in [0.29, 0.717) is 10.0 Å². The fraction of sp³-hybridized carbons (Fsp3) is 0. The van der Waals surface area contributed by atoms with Gasteiger partial charge in [0, 0.05) is 10.0 Å². The first kappa shape index (κ1) is 14.3. The largest absolute Gasteiger partial charge is 0.279 e. The maximum absolute atomic E-state index is 12.0. The van der Waals surface area contributed by atoms with E-state index < -0.39 is 10.0 Å². The zero-order valence-electron chi connectivity index (χ0n) is 9.14. The SMILES string of the molecule is O=S(=O)(Nc1cc(Cl)cc(Cl)c1)c1cnc(Cl)nc1. The van der Waals surface area contributed by atoms with Gasteiger partial charge in [-0.1, -0.05) is 23.2 Å². The van der Waals surface area contributed by atoms with Crippen LogP contribution in [0.4, 0.5) is 5.69 Å². The molecule has 0 atom stereocenters. The van der Waals surface area contributed by atoms with Crippen molar-refractivity contribution < 1.29 is 8.42 Å². The number of halogens is 3. The highest BCUT2D eigenvalue weighted by molar-refractivity contribution is 7.92. The summed E-state index contributed by atoms with van der Waals surface area (Å²) in [6.45, 7) is 0. The molecule has 5 nitrogen and oxygen atoms in total. The van der Waals surface area contributed by atoms with E-state index in [4.69, 9.17) is 34.8 Å². The van der Waals surface area contributed by atoms with E-state index in [1.54, 1.807) is 0 Å². The van der Waals surface area contributed by atoms with Crippen LogP contribution >= 0.6 is 34.8 Å². The van der Waals surface area contributed by atoms with Crippen molar-refractivity contribution in [2.45, 2.75) is 4.90 Å². The molecule has 2 rings (SSSR count). The van der Waals surface area contributed by atoms with Crippen molar-refractivity contribution in [2.24, 2.45) is 0 Å². The van der Waals surface area contributed by atoms with Crippen molar-refractivity contribution in [1.29, 1.82) is 0 Å². The molecule has 19 heavy (non-hydrogen) atoms. The number of nitrogens with zero attached hydrogens (tertiary/aromatic N) is 2. The summed E-state index contributed by atoms with van der Waals surface area (Å²) in [5.41, 5.74) is 0.243. The summed E-state index contributed by atoms with van der Waals surface area (Å²) in [4.78, 5) is 7.09. The quantitative estimate of drug-likeness (QED) is 0.872. The molecule has 9 heteroatoms. The number of nitrogens with one attached hydrogen (secondary N) is 1. The molecule has 0 saturated carbocycles. The molecule has 1 aromatic carbocycles. The van der Waals surface area contributed by atoms with Crippen molar-refractivity contribution in [1.82, 2.24) is 9.97 Å². The number of hydrogen-bond acceptors (Lipinski definition) is 4. The summed E-state index contributed by atoms with van der Waals surface area (Å²) in [6, 6.07) is 4.36. The van der Waals surface area contributed by atoms with Gasteiger partial charge in [0.05, 0.1) is 18.1 Å². The Morgan fingerprint density at radius 3 is 2.00 bits per heavy atom. The fourth-order valence-electron chi connectivity index (χ4n) is 1.27. The van der Waals surface area contributed by atoms with Gasteiger partial charge in [0.2, 0.25) is 5.28 Å². The molecule has 0 aliphatic carbocycles. The zero-order chi connectivity index (χ0) is 14.0. The van der Waals surface area contributed by atoms with E-state index in [1.807, 2.05) is 0 Å². The van der Waals surface area contributed by atoms with Gasteiger partial charge in [0.15, 0.2) is 0 Å². The molecule has 0 saturated heterocycles. The molecule has 100 valence electrons. The zero-order valence-corrected chi connectivity index (χ0v) is 12.2. The van der Waals surface area contributed by atoms with Crippen molar-refractivity contribution in [3.63, 3.8) is 0 Å². The molecule has 0 unspecified atom stereocenters. The van der Waals surface area contributed by atoms with Gasteiger partial charge in [0.25, 0.3) is 10.0 Å². The van der Waals surface area contributed by atoms with Gasteiger partial charge in [-0.05, 0) is 29.8 Å². The van der Waals surface area contributed by atoms with Crippen LogP contribution in [-0.2, 0) is 10.0 Å². The summed E-state index contributed by atoms with van der Waals surface area (Å²) in [5, 5.41) is 0.597. The highest BCUT2D eigenvalue weighted by Gasteiger charge is 2.15. The molecule has 0 amide bonds. The maximum atomic E-state index is 12.0. The molecule has 1 aromatic heterocycles. The summed E-state index contributed by atoms with van der Waals surface area (Å²) in [5.74, 6) is 0. The Labute approximate surface area is 124 Å². The van der Waals surface area contributed by atoms with Gasteiger partial charge in [-0.2, -0.15) is 0 Å².